The van der Waals surface area contributed by atoms with Gasteiger partial charge in [-0.15, -0.1) is 0 Å². The average molecular weight is 460 g/mol. The number of allylic oxidation sites excluding steroid dienone is 1. The molecule has 1 spiro atoms. The number of carbonyl (C=O) groups is 3. The van der Waals surface area contributed by atoms with Gasteiger partial charge in [0.1, 0.15) is 18.3 Å². The van der Waals surface area contributed by atoms with E-state index < -0.39 is 23.1 Å². The molecular formula is C26H37NO6. The number of epoxide rings is 1. The maximum Gasteiger partial charge on any atom is 0.302 e. The summed E-state index contributed by atoms with van der Waals surface area (Å²) in [6.07, 6.45) is 10.1. The molecule has 0 bridgehead atoms. The highest BCUT2D eigenvalue weighted by Crippen LogP contribution is 2.75. The highest BCUT2D eigenvalue weighted by Gasteiger charge is 2.84. The van der Waals surface area contributed by atoms with Crippen molar-refractivity contribution >= 4 is 17.8 Å². The molecule has 0 aromatic heterocycles. The summed E-state index contributed by atoms with van der Waals surface area (Å²) in [6.45, 7) is 7.43. The number of fused-ring (bicyclic) bond motifs is 6. The fourth-order valence-corrected chi connectivity index (χ4v) is 8.73. The Labute approximate surface area is 195 Å². The van der Waals surface area contributed by atoms with Crippen molar-refractivity contribution in [2.45, 2.75) is 96.4 Å². The number of amides is 1. The molecule has 1 aliphatic heterocycles. The van der Waals surface area contributed by atoms with Crippen molar-refractivity contribution in [3.8, 4) is 0 Å². The van der Waals surface area contributed by atoms with Gasteiger partial charge in [-0.2, -0.15) is 0 Å². The summed E-state index contributed by atoms with van der Waals surface area (Å²) in [5.74, 6) is 0.417. The van der Waals surface area contributed by atoms with Gasteiger partial charge in [-0.25, -0.2) is 0 Å². The number of nitrogens with two attached hydrogens (primary N) is 1. The van der Waals surface area contributed by atoms with E-state index in [1.807, 2.05) is 0 Å². The summed E-state index contributed by atoms with van der Waals surface area (Å²) in [6, 6.07) is 0. The van der Waals surface area contributed by atoms with Crippen molar-refractivity contribution in [1.29, 1.82) is 0 Å². The molecule has 8 atom stereocenters. The molecule has 7 nitrogen and oxygen atoms in total. The van der Waals surface area contributed by atoms with Crippen LogP contribution in [0.2, 0.25) is 0 Å². The molecule has 0 radical (unpaired) electrons. The normalized spacial score (nSPS) is 47.6. The number of ether oxygens (including phenoxy) is 3. The fourth-order valence-electron chi connectivity index (χ4n) is 8.73. The second kappa shape index (κ2) is 7.30. The van der Waals surface area contributed by atoms with E-state index in [2.05, 4.69) is 19.9 Å². The van der Waals surface area contributed by atoms with Crippen LogP contribution in [0.4, 0.5) is 0 Å². The molecule has 5 rings (SSSR count). The van der Waals surface area contributed by atoms with Crippen molar-refractivity contribution in [3.05, 3.63) is 11.6 Å². The quantitative estimate of drug-likeness (QED) is 0.392. The first-order valence-electron chi connectivity index (χ1n) is 12.5. The number of primary amides is 1. The molecule has 3 saturated carbocycles. The van der Waals surface area contributed by atoms with Crippen LogP contribution in [0, 0.1) is 28.6 Å². The Morgan fingerprint density at radius 3 is 2.45 bits per heavy atom. The van der Waals surface area contributed by atoms with Gasteiger partial charge in [0.2, 0.25) is 5.60 Å². The van der Waals surface area contributed by atoms with E-state index in [0.717, 1.165) is 51.4 Å². The van der Waals surface area contributed by atoms with Gasteiger partial charge in [-0.1, -0.05) is 25.5 Å². The Morgan fingerprint density at radius 1 is 1.06 bits per heavy atom. The Kier molecular flexibility index (Phi) is 5.06. The van der Waals surface area contributed by atoms with Gasteiger partial charge in [0.25, 0.3) is 5.91 Å². The first kappa shape index (κ1) is 22.9. The van der Waals surface area contributed by atoms with Crippen molar-refractivity contribution in [2.24, 2.45) is 34.3 Å². The van der Waals surface area contributed by atoms with E-state index in [9.17, 15) is 14.4 Å². The molecule has 0 aromatic rings. The van der Waals surface area contributed by atoms with Crippen LogP contribution in [0.3, 0.4) is 0 Å². The lowest BCUT2D eigenvalue weighted by Crippen LogP contribution is -2.55. The van der Waals surface area contributed by atoms with Crippen LogP contribution in [0.15, 0.2) is 11.6 Å². The van der Waals surface area contributed by atoms with E-state index in [0.29, 0.717) is 17.8 Å². The predicted octanol–water partition coefficient (Wildman–Crippen LogP) is 3.44. The predicted molar refractivity (Wildman–Crippen MR) is 120 cm³/mol. The monoisotopic (exact) mass is 459 g/mol. The van der Waals surface area contributed by atoms with Crippen LogP contribution in [0.1, 0.15) is 79.1 Å². The maximum absolute atomic E-state index is 12.6. The molecule has 0 aromatic carbocycles. The topological polar surface area (TPSA) is 108 Å². The first-order valence-corrected chi connectivity index (χ1v) is 12.5. The third kappa shape index (κ3) is 3.00. The molecule has 4 aliphatic carbocycles. The van der Waals surface area contributed by atoms with Gasteiger partial charge in [0.15, 0.2) is 0 Å². The third-order valence-corrected chi connectivity index (χ3v) is 10.3. The van der Waals surface area contributed by atoms with Gasteiger partial charge >= 0.3 is 11.9 Å². The van der Waals surface area contributed by atoms with Crippen LogP contribution in [0.25, 0.3) is 0 Å². The zero-order valence-corrected chi connectivity index (χ0v) is 20.3. The van der Waals surface area contributed by atoms with E-state index in [-0.39, 0.29) is 29.5 Å². The molecule has 33 heavy (non-hydrogen) atoms. The summed E-state index contributed by atoms with van der Waals surface area (Å²) in [5, 5.41) is 0. The maximum atomic E-state index is 12.6. The number of hydrogen-bond acceptors (Lipinski definition) is 6. The lowest BCUT2D eigenvalue weighted by Gasteiger charge is -2.58. The van der Waals surface area contributed by atoms with Gasteiger partial charge in [-0.05, 0) is 68.1 Å². The van der Waals surface area contributed by atoms with Crippen molar-refractivity contribution in [1.82, 2.24) is 0 Å². The van der Waals surface area contributed by atoms with E-state index in [1.54, 1.807) is 0 Å². The largest absolute Gasteiger partial charge is 0.462 e. The van der Waals surface area contributed by atoms with Crippen LogP contribution >= 0.6 is 0 Å². The Balaban J connectivity index is 1.40. The number of esters is 2. The third-order valence-electron chi connectivity index (χ3n) is 10.3. The summed E-state index contributed by atoms with van der Waals surface area (Å²) >= 11 is 0. The zero-order chi connectivity index (χ0) is 23.8. The SMILES string of the molecule is CC(=O)OC[C@]1(C(N)=O)O[C@@]12CC[C@H]1[C@H]3CC=C4C[C@@H](OC(C)=O)CC[C@]4(C)[C@@H]3CC[C@@]12C. The van der Waals surface area contributed by atoms with Gasteiger partial charge in [0, 0.05) is 25.7 Å². The van der Waals surface area contributed by atoms with Gasteiger partial charge in [-0.3, -0.25) is 14.4 Å². The van der Waals surface area contributed by atoms with Crippen LogP contribution in [0.5, 0.6) is 0 Å². The van der Waals surface area contributed by atoms with Crippen molar-refractivity contribution in [3.63, 3.8) is 0 Å². The lowest BCUT2D eigenvalue weighted by atomic mass is 9.47. The van der Waals surface area contributed by atoms with Crippen molar-refractivity contribution in [2.75, 3.05) is 6.61 Å². The zero-order valence-electron chi connectivity index (χ0n) is 20.3. The molecule has 2 N–H and O–H groups in total. The Bertz CT molecular complexity index is 930. The molecule has 1 saturated heterocycles. The minimum atomic E-state index is -1.20. The van der Waals surface area contributed by atoms with E-state index >= 15 is 0 Å². The van der Waals surface area contributed by atoms with Crippen LogP contribution in [-0.4, -0.2) is 41.8 Å². The smallest absolute Gasteiger partial charge is 0.302 e. The standard InChI is InChI=1S/C26H37NO6/c1-15(28)31-14-25(22(27)30)26(33-25)12-9-21-19-6-5-17-13-18(32-16(2)29)7-10-23(17,3)20(19)8-11-24(21,26)4/h5,18-21H,6-14H2,1-4H3,(H2,27,30)/t18-,19-,20+,21-,23-,24-,25+,26+/m0/s1. The minimum absolute atomic E-state index is 0.000644. The van der Waals surface area contributed by atoms with Crippen molar-refractivity contribution < 1.29 is 28.6 Å². The summed E-state index contributed by atoms with van der Waals surface area (Å²) in [7, 11) is 0. The molecule has 5 aliphatic rings. The molecular weight excluding hydrogens is 422 g/mol. The Morgan fingerprint density at radius 2 is 1.79 bits per heavy atom. The molecule has 1 amide bonds. The molecule has 1 heterocycles. The second-order valence-electron chi connectivity index (χ2n) is 11.6. The van der Waals surface area contributed by atoms with E-state index in [1.165, 1.54) is 19.4 Å². The summed E-state index contributed by atoms with van der Waals surface area (Å²) in [4.78, 5) is 35.5. The minimum Gasteiger partial charge on any atom is -0.462 e. The Hall–Kier alpha value is -1.89. The highest BCUT2D eigenvalue weighted by molar-refractivity contribution is 5.89. The summed E-state index contributed by atoms with van der Waals surface area (Å²) < 4.78 is 17.1. The summed E-state index contributed by atoms with van der Waals surface area (Å²) in [5.41, 5.74) is 5.44. The molecule has 0 unspecified atom stereocenters. The average Bonchev–Trinajstić information content (AvgIpc) is 3.33. The van der Waals surface area contributed by atoms with Gasteiger partial charge in [0.05, 0.1) is 0 Å². The van der Waals surface area contributed by atoms with Crippen LogP contribution < -0.4 is 5.73 Å². The van der Waals surface area contributed by atoms with E-state index in [4.69, 9.17) is 19.9 Å². The number of hydrogen-bond donors (Lipinski definition) is 1. The second-order valence-corrected chi connectivity index (χ2v) is 11.6. The molecule has 182 valence electrons. The highest BCUT2D eigenvalue weighted by atomic mass is 16.7. The fraction of sp³-hybridized carbons (Fsp3) is 0.808. The number of rotatable bonds is 4. The van der Waals surface area contributed by atoms with Gasteiger partial charge < -0.3 is 19.9 Å². The first-order chi connectivity index (χ1) is 15.5. The molecule has 7 heteroatoms. The van der Waals surface area contributed by atoms with Crippen LogP contribution in [-0.2, 0) is 28.6 Å². The number of carbonyl (C=O) groups excluding carboxylic acids is 3. The lowest BCUT2D eigenvalue weighted by molar-refractivity contribution is -0.148. The molecule has 4 fully saturated rings.